The van der Waals surface area contributed by atoms with Gasteiger partial charge in [0.2, 0.25) is 0 Å². The molecule has 0 amide bonds. The molecule has 3 aromatic rings. The number of thioether (sulfide) groups is 1. The second kappa shape index (κ2) is 9.14. The minimum atomic E-state index is -0.0943. The molecule has 31 heavy (non-hydrogen) atoms. The number of pyridine rings is 1. The molecule has 0 aliphatic heterocycles. The van der Waals surface area contributed by atoms with Gasteiger partial charge >= 0.3 is 0 Å². The third-order valence-electron chi connectivity index (χ3n) is 5.63. The van der Waals surface area contributed by atoms with Gasteiger partial charge in [0.1, 0.15) is 5.78 Å². The average molecular weight is 436 g/mol. The van der Waals surface area contributed by atoms with Crippen LogP contribution in [-0.2, 0) is 30.6 Å². The minimum absolute atomic E-state index is 0.00298. The maximum absolute atomic E-state index is 13.0. The summed E-state index contributed by atoms with van der Waals surface area (Å²) in [6.45, 7) is 3.91. The predicted octanol–water partition coefficient (Wildman–Crippen LogP) is 3.80. The minimum Gasteiger partial charge on any atom is -0.298 e. The van der Waals surface area contributed by atoms with Gasteiger partial charge in [0, 0.05) is 24.2 Å². The monoisotopic (exact) mass is 435 g/mol. The molecule has 0 saturated carbocycles. The Labute approximate surface area is 185 Å². The van der Waals surface area contributed by atoms with Crippen LogP contribution in [0, 0.1) is 0 Å². The summed E-state index contributed by atoms with van der Waals surface area (Å²) in [6.07, 6.45) is 4.40. The van der Waals surface area contributed by atoms with Gasteiger partial charge in [-0.15, -0.1) is 0 Å². The van der Waals surface area contributed by atoms with Crippen molar-refractivity contribution in [3.8, 4) is 0 Å². The van der Waals surface area contributed by atoms with Crippen LogP contribution in [0.2, 0.25) is 0 Å². The van der Waals surface area contributed by atoms with Crippen molar-refractivity contribution in [1.82, 2.24) is 14.5 Å². The van der Waals surface area contributed by atoms with Crippen molar-refractivity contribution < 1.29 is 9.59 Å². The number of carbonyl (C=O) groups excluding carboxylic acids is 2. The van der Waals surface area contributed by atoms with Gasteiger partial charge in [-0.25, -0.2) is 9.97 Å². The average Bonchev–Trinajstić information content (AvgIpc) is 2.77. The summed E-state index contributed by atoms with van der Waals surface area (Å²) in [7, 11) is 0. The molecule has 1 aliphatic carbocycles. The van der Waals surface area contributed by atoms with Crippen LogP contribution in [-0.4, -0.2) is 31.9 Å². The Hall–Kier alpha value is -2.80. The number of carbonyl (C=O) groups is 2. The lowest BCUT2D eigenvalue weighted by atomic mass is 9.95. The van der Waals surface area contributed by atoms with E-state index in [-0.39, 0.29) is 29.3 Å². The van der Waals surface area contributed by atoms with Crippen molar-refractivity contribution in [3.05, 3.63) is 63.1 Å². The second-order valence-electron chi connectivity index (χ2n) is 7.87. The van der Waals surface area contributed by atoms with Crippen LogP contribution in [0.25, 0.3) is 11.0 Å². The van der Waals surface area contributed by atoms with Crippen LogP contribution in [0.3, 0.4) is 0 Å². The predicted molar refractivity (Wildman–Crippen MR) is 122 cm³/mol. The second-order valence-corrected chi connectivity index (χ2v) is 8.82. The number of aromatic nitrogens is 3. The molecule has 4 rings (SSSR count). The van der Waals surface area contributed by atoms with Crippen molar-refractivity contribution in [3.63, 3.8) is 0 Å². The molecule has 7 heteroatoms. The fraction of sp³-hybridized carbons (Fsp3) is 0.375. The topological polar surface area (TPSA) is 81.9 Å². The summed E-state index contributed by atoms with van der Waals surface area (Å²) in [6, 6.07) is 9.06. The molecule has 0 saturated heterocycles. The van der Waals surface area contributed by atoms with E-state index in [2.05, 4.69) is 9.97 Å². The molecule has 0 unspecified atom stereocenters. The number of ketones is 2. The number of Topliss-reactive ketones (excluding diaryl/α,β-unsaturated/α-hetero) is 2. The van der Waals surface area contributed by atoms with Gasteiger partial charge in [-0.05, 0) is 56.7 Å². The van der Waals surface area contributed by atoms with Gasteiger partial charge in [-0.1, -0.05) is 36.0 Å². The number of hydrogen-bond donors (Lipinski definition) is 0. The zero-order valence-corrected chi connectivity index (χ0v) is 18.6. The first kappa shape index (κ1) is 21.4. The highest BCUT2D eigenvalue weighted by atomic mass is 32.2. The Morgan fingerprint density at radius 2 is 1.84 bits per heavy atom. The highest BCUT2D eigenvalue weighted by molar-refractivity contribution is 7.99. The summed E-state index contributed by atoms with van der Waals surface area (Å²) < 4.78 is 1.62. The number of benzene rings is 1. The molecule has 6 nitrogen and oxygen atoms in total. The Morgan fingerprint density at radius 1 is 1.10 bits per heavy atom. The van der Waals surface area contributed by atoms with E-state index in [1.54, 1.807) is 16.7 Å². The first-order chi connectivity index (χ1) is 15.0. The lowest BCUT2D eigenvalue weighted by Gasteiger charge is -2.16. The molecule has 0 atom stereocenters. The molecule has 0 bridgehead atoms. The van der Waals surface area contributed by atoms with Gasteiger partial charge in [0.15, 0.2) is 16.6 Å². The van der Waals surface area contributed by atoms with Crippen LogP contribution in [0.5, 0.6) is 0 Å². The fourth-order valence-corrected chi connectivity index (χ4v) is 4.83. The Balaban J connectivity index is 1.53. The van der Waals surface area contributed by atoms with Crippen molar-refractivity contribution in [2.75, 3.05) is 5.75 Å². The van der Waals surface area contributed by atoms with E-state index in [1.165, 1.54) is 18.7 Å². The van der Waals surface area contributed by atoms with Crippen molar-refractivity contribution in [2.45, 2.75) is 57.7 Å². The molecular weight excluding hydrogens is 410 g/mol. The van der Waals surface area contributed by atoms with E-state index < -0.39 is 0 Å². The number of rotatable bonds is 7. The quantitative estimate of drug-likeness (QED) is 0.319. The zero-order valence-electron chi connectivity index (χ0n) is 17.8. The van der Waals surface area contributed by atoms with Crippen molar-refractivity contribution in [2.24, 2.45) is 0 Å². The highest BCUT2D eigenvalue weighted by Crippen LogP contribution is 2.24. The van der Waals surface area contributed by atoms with E-state index in [1.807, 2.05) is 25.1 Å². The lowest BCUT2D eigenvalue weighted by molar-refractivity contribution is -0.116. The normalized spacial score (nSPS) is 13.2. The molecule has 1 aliphatic rings. The summed E-state index contributed by atoms with van der Waals surface area (Å²) in [5.74, 6) is 0.261. The first-order valence-corrected chi connectivity index (χ1v) is 11.6. The maximum atomic E-state index is 13.0. The molecule has 2 aromatic heterocycles. The van der Waals surface area contributed by atoms with Crippen molar-refractivity contribution in [1.29, 1.82) is 0 Å². The molecule has 1 aromatic carbocycles. The van der Waals surface area contributed by atoms with E-state index >= 15 is 0 Å². The van der Waals surface area contributed by atoms with Gasteiger partial charge in [0.05, 0.1) is 11.1 Å². The smallest absolute Gasteiger partial charge is 0.263 e. The van der Waals surface area contributed by atoms with Crippen LogP contribution in [0.4, 0.5) is 0 Å². The third-order valence-corrected chi connectivity index (χ3v) is 6.67. The largest absolute Gasteiger partial charge is 0.298 e. The molecule has 0 N–H and O–H groups in total. The van der Waals surface area contributed by atoms with Gasteiger partial charge in [-0.3, -0.25) is 19.0 Å². The van der Waals surface area contributed by atoms with Crippen molar-refractivity contribution >= 4 is 34.4 Å². The van der Waals surface area contributed by atoms with E-state index in [4.69, 9.17) is 0 Å². The number of aryl methyl sites for hydroxylation is 2. The molecule has 160 valence electrons. The lowest BCUT2D eigenvalue weighted by Crippen LogP contribution is -2.24. The SMILES string of the molecule is CCn1c(SCC(=O)Cc2ccc(C(C)=O)cc2)nc2nc3c(cc2c1=O)CCCC3. The molecular formula is C24H25N3O3S. The number of hydrogen-bond acceptors (Lipinski definition) is 6. The van der Waals surface area contributed by atoms with E-state index in [0.29, 0.717) is 28.3 Å². The van der Waals surface area contributed by atoms with Gasteiger partial charge < -0.3 is 0 Å². The van der Waals surface area contributed by atoms with Crippen LogP contribution >= 0.6 is 11.8 Å². The van der Waals surface area contributed by atoms with Gasteiger partial charge in [-0.2, -0.15) is 0 Å². The maximum Gasteiger partial charge on any atom is 0.263 e. The zero-order chi connectivity index (χ0) is 22.0. The number of nitrogens with zero attached hydrogens (tertiary/aromatic N) is 3. The van der Waals surface area contributed by atoms with E-state index in [0.717, 1.165) is 42.5 Å². The summed E-state index contributed by atoms with van der Waals surface area (Å²) in [5.41, 5.74) is 4.08. The standard InChI is InChI=1S/C24H25N3O3S/c1-3-27-23(30)20-13-18-6-4-5-7-21(18)25-22(20)26-24(27)31-14-19(29)12-16-8-10-17(11-9-16)15(2)28/h8-11,13H,3-7,12,14H2,1-2H3. The number of fused-ring (bicyclic) bond motifs is 2. The van der Waals surface area contributed by atoms with Gasteiger partial charge in [0.25, 0.3) is 5.56 Å². The van der Waals surface area contributed by atoms with Crippen LogP contribution in [0.15, 0.2) is 40.3 Å². The Kier molecular flexibility index (Phi) is 6.32. The molecule has 2 heterocycles. The summed E-state index contributed by atoms with van der Waals surface area (Å²) in [5, 5.41) is 1.09. The molecule has 0 radical (unpaired) electrons. The summed E-state index contributed by atoms with van der Waals surface area (Å²) >= 11 is 1.28. The molecule has 0 fully saturated rings. The summed E-state index contributed by atoms with van der Waals surface area (Å²) in [4.78, 5) is 46.3. The van der Waals surface area contributed by atoms with Crippen LogP contribution in [0.1, 0.15) is 53.9 Å². The first-order valence-electron chi connectivity index (χ1n) is 10.6. The molecule has 0 spiro atoms. The van der Waals surface area contributed by atoms with E-state index in [9.17, 15) is 14.4 Å². The highest BCUT2D eigenvalue weighted by Gasteiger charge is 2.18. The fourth-order valence-electron chi connectivity index (χ4n) is 3.92. The third kappa shape index (κ3) is 4.61. The Bertz CT molecular complexity index is 1220. The van der Waals surface area contributed by atoms with Crippen LogP contribution < -0.4 is 5.56 Å². The Morgan fingerprint density at radius 3 is 2.55 bits per heavy atom.